The molecule has 2 amide bonds. The van der Waals surface area contributed by atoms with Crippen LogP contribution in [0.5, 0.6) is 0 Å². The molecule has 13 aromatic rings. The number of hydrogen-bond acceptors (Lipinski definition) is 28. The summed E-state index contributed by atoms with van der Waals surface area (Å²) in [5.74, 6) is -18.3. The maximum atomic E-state index is 14.0. The maximum Gasteiger partial charge on any atom is 0.345 e. The van der Waals surface area contributed by atoms with Crippen molar-refractivity contribution in [3.8, 4) is 11.4 Å². The number of carbonyl (C=O) groups excluding carboxylic acids is 7. The van der Waals surface area contributed by atoms with Gasteiger partial charge in [0.1, 0.15) is 22.8 Å². The van der Waals surface area contributed by atoms with E-state index < -0.39 is 161 Å². The summed E-state index contributed by atoms with van der Waals surface area (Å²) >= 11 is 13.7. The molecular formula is C83H63Cl2F10N11O25S2. The number of carboxylic acids is 2. The number of aromatic nitrogens is 4. The highest BCUT2D eigenvalue weighted by molar-refractivity contribution is 7.17. The lowest BCUT2D eigenvalue weighted by Crippen LogP contribution is -2.33. The van der Waals surface area contributed by atoms with Crippen LogP contribution in [0.4, 0.5) is 88.5 Å². The molecular weight excluding hydrogens is 1880 g/mol. The Hall–Kier alpha value is -16.5. The monoisotopic (exact) mass is 1940 g/mol. The number of amides is 2. The molecule has 0 saturated heterocycles. The number of carboxylic acid groups (broad SMARTS) is 2. The first kappa shape index (κ1) is 105. The first-order valence-corrected chi connectivity index (χ1v) is 38.4. The Morgan fingerprint density at radius 2 is 0.812 bits per heavy atom. The molecule has 696 valence electrons. The van der Waals surface area contributed by atoms with Crippen molar-refractivity contribution in [1.29, 1.82) is 0 Å². The third-order valence-corrected chi connectivity index (χ3v) is 19.2. The lowest BCUT2D eigenvalue weighted by atomic mass is 10.1. The molecule has 0 aliphatic carbocycles. The molecule has 0 fully saturated rings. The summed E-state index contributed by atoms with van der Waals surface area (Å²) in [7, 11) is 8.72. The normalized spacial score (nSPS) is 10.1. The Balaban J connectivity index is 0.000000241. The van der Waals surface area contributed by atoms with Crippen LogP contribution < -0.4 is 49.5 Å². The molecule has 13 rings (SSSR count). The standard InChI is InChI=1S/C17H14F2N2O5.C17H14FN3O4.C16H12FN3O4.C8H5F2NO4.C8H7F2NO2.C7H3F2NO4.C5H5ClOS.C5H3ClOS/c1-25-15(22)9-3-5-10(6-4-9)20-17(24)21-14-8-13(19)12(18)7-11(14)16(23)26-2;1-19-14-8-13-11(7-12(14)18)15(22)21(17(24)20-13)10-5-3-9(4-6-10)16(23)25-2;1-18-13-7-12-10(6-11(13)17)14(21)20(16(24)19-12)9-4-2-8(3-5-9)15(22)23;1-15-8(12)4-2-5(9)6(10)3-7(4)11(13)14;1-13-8(12)4-2-5(9)6(10)3-7(4)11;8-4-1-3(7(11)12)6(10(13)14)2-5(4)9;2*6-5-2-1-4(3-7)8-5/h3-8H,1-2H3,(H2,20,21,24);3-8,19H,1-2H3,(H,20,24);2-7,18H,1H3,(H,19,24)(H,22,23);2-3H,1H3;2-3H,11H2,1H3;1-2H,(H,11,12);1-2,7H,3H2;1-3H. The van der Waals surface area contributed by atoms with Gasteiger partial charge in [0.15, 0.2) is 52.8 Å². The molecule has 0 aliphatic heterocycles. The van der Waals surface area contributed by atoms with Crippen molar-refractivity contribution in [2.45, 2.75) is 6.61 Å². The smallest absolute Gasteiger partial charge is 0.345 e. The molecule has 0 bridgehead atoms. The quantitative estimate of drug-likeness (QED) is 0.00770. The van der Waals surface area contributed by atoms with E-state index in [1.165, 1.54) is 136 Å². The summed E-state index contributed by atoms with van der Waals surface area (Å²) in [5, 5.41) is 56.5. The molecule has 0 radical (unpaired) electrons. The molecule has 0 atom stereocenters. The predicted octanol–water partition coefficient (Wildman–Crippen LogP) is 15.1. The zero-order valence-electron chi connectivity index (χ0n) is 68.5. The van der Waals surface area contributed by atoms with E-state index in [0.717, 1.165) is 64.2 Å². The SMILES string of the molecule is CNc1cc2[nH]c(=O)n(-c3ccc(C(=O)O)cc3)c(=O)c2cc1F.CNc1cc2[nH]c(=O)n(-c3ccc(C(=O)OC)cc3)c(=O)c2cc1F.COC(=O)c1cc(F)c(F)cc1N.COC(=O)c1cc(F)c(F)cc1[N+](=O)[O-].COC(=O)c1ccc(NC(=O)Nc2cc(F)c(F)cc2C(=O)OC)cc1.O=C(O)c1cc(F)c(F)cc1[N+](=O)[O-].O=Cc1ccc(Cl)s1.OCc1ccc(Cl)s1. The molecule has 0 unspecified atom stereocenters. The lowest BCUT2D eigenvalue weighted by molar-refractivity contribution is -0.385. The van der Waals surface area contributed by atoms with Crippen molar-refractivity contribution in [3.63, 3.8) is 0 Å². The molecule has 0 aliphatic rings. The van der Waals surface area contributed by atoms with Crippen molar-refractivity contribution >= 4 is 162 Å². The average Bonchev–Trinajstić information content (AvgIpc) is 1.38. The van der Waals surface area contributed by atoms with Crippen LogP contribution in [0.1, 0.15) is 87.1 Å². The van der Waals surface area contributed by atoms with E-state index in [1.807, 2.05) is 6.07 Å². The fourth-order valence-corrected chi connectivity index (χ4v) is 12.3. The first-order valence-electron chi connectivity index (χ1n) is 36.0. The number of aliphatic hydroxyl groups excluding tert-OH is 1. The van der Waals surface area contributed by atoms with Crippen LogP contribution >= 0.6 is 45.9 Å². The summed E-state index contributed by atoms with van der Waals surface area (Å²) < 4.78 is 155. The highest BCUT2D eigenvalue weighted by atomic mass is 35.5. The number of fused-ring (bicyclic) bond motifs is 2. The van der Waals surface area contributed by atoms with Crippen molar-refractivity contribution in [2.75, 3.05) is 76.6 Å². The number of esters is 5. The predicted molar refractivity (Wildman–Crippen MR) is 462 cm³/mol. The molecule has 4 heterocycles. The number of carbonyl (C=O) groups is 9. The number of thiophene rings is 2. The summed E-state index contributed by atoms with van der Waals surface area (Å²) in [6, 6.07) is 31.7. The second-order valence-electron chi connectivity index (χ2n) is 25.1. The number of halogens is 12. The van der Waals surface area contributed by atoms with Gasteiger partial charge in [0.25, 0.3) is 22.5 Å². The molecule has 4 aromatic heterocycles. The van der Waals surface area contributed by atoms with Gasteiger partial charge in [-0.3, -0.25) is 34.6 Å². The first-order chi connectivity index (χ1) is 62.8. The Labute approximate surface area is 754 Å². The average molecular weight is 1940 g/mol. The number of aromatic carboxylic acids is 2. The number of hydrogen-bond donors (Lipinski definition) is 10. The van der Waals surface area contributed by atoms with E-state index in [4.69, 9.17) is 44.3 Å². The second kappa shape index (κ2) is 48.6. The number of anilines is 5. The zero-order chi connectivity index (χ0) is 99.3. The largest absolute Gasteiger partial charge is 0.478 e. The van der Waals surface area contributed by atoms with Crippen LogP contribution in [-0.4, -0.2) is 148 Å². The molecule has 50 heteroatoms. The van der Waals surface area contributed by atoms with Gasteiger partial charge in [0, 0.05) is 42.5 Å². The number of nitrogens with one attached hydrogen (secondary N) is 6. The number of rotatable bonds is 17. The topological polar surface area (TPSA) is 531 Å². The van der Waals surface area contributed by atoms with Crippen LogP contribution in [0.2, 0.25) is 8.67 Å². The molecule has 0 saturated carbocycles. The lowest BCUT2D eigenvalue weighted by Gasteiger charge is -2.12. The number of ether oxygens (including phenoxy) is 5. The molecule has 133 heavy (non-hydrogen) atoms. The van der Waals surface area contributed by atoms with Gasteiger partial charge in [-0.25, -0.2) is 101 Å². The number of nitrogens with two attached hydrogens (primary N) is 1. The van der Waals surface area contributed by atoms with E-state index in [2.05, 4.69) is 54.9 Å². The number of methoxy groups -OCH3 is 5. The van der Waals surface area contributed by atoms with Gasteiger partial charge in [-0.1, -0.05) is 23.2 Å². The number of nitro benzene ring substituents is 2. The molecule has 36 nitrogen and oxygen atoms in total. The number of aldehydes is 1. The number of nitrogen functional groups attached to an aromatic ring is 1. The van der Waals surface area contributed by atoms with Gasteiger partial charge in [-0.15, -0.1) is 22.7 Å². The minimum atomic E-state index is -1.68. The Morgan fingerprint density at radius 1 is 0.444 bits per heavy atom. The number of aliphatic hydroxyl groups is 1. The zero-order valence-corrected chi connectivity index (χ0v) is 71.6. The summed E-state index contributed by atoms with van der Waals surface area (Å²) in [6.45, 7) is 0.0946. The highest BCUT2D eigenvalue weighted by Gasteiger charge is 2.27. The van der Waals surface area contributed by atoms with Gasteiger partial charge in [0.05, 0.1) is 156 Å². The summed E-state index contributed by atoms with van der Waals surface area (Å²) in [5.41, 5.74) is 0.369. The van der Waals surface area contributed by atoms with E-state index >= 15 is 0 Å². The van der Waals surface area contributed by atoms with Crippen LogP contribution in [0.25, 0.3) is 33.2 Å². The van der Waals surface area contributed by atoms with Crippen LogP contribution in [0, 0.1) is 78.4 Å². The number of nitro groups is 2. The highest BCUT2D eigenvalue weighted by Crippen LogP contribution is 2.29. The minimum Gasteiger partial charge on any atom is -0.478 e. The fourth-order valence-electron chi connectivity index (χ4n) is 10.5. The van der Waals surface area contributed by atoms with Gasteiger partial charge in [0.2, 0.25) is 0 Å². The fraction of sp³-hybridized carbons (Fsp3) is 0.0964. The minimum absolute atomic E-state index is 0.00779. The van der Waals surface area contributed by atoms with Crippen molar-refractivity contribution in [3.05, 3.63) is 347 Å². The van der Waals surface area contributed by atoms with Gasteiger partial charge in [-0.05, 0) is 146 Å². The van der Waals surface area contributed by atoms with Crippen LogP contribution in [0.15, 0.2) is 189 Å². The van der Waals surface area contributed by atoms with Crippen molar-refractivity contribution in [1.82, 2.24) is 19.1 Å². The number of H-pyrrole nitrogens is 2. The van der Waals surface area contributed by atoms with Gasteiger partial charge >= 0.3 is 59.2 Å². The number of benzene rings is 9. The number of urea groups is 1. The Kier molecular flexibility index (Phi) is 38.5. The maximum absolute atomic E-state index is 14.0. The van der Waals surface area contributed by atoms with Crippen LogP contribution in [0.3, 0.4) is 0 Å². The third-order valence-electron chi connectivity index (χ3n) is 16.8. The van der Waals surface area contributed by atoms with E-state index in [-0.39, 0.29) is 102 Å². The van der Waals surface area contributed by atoms with E-state index in [9.17, 15) is 126 Å². The van der Waals surface area contributed by atoms with E-state index in [0.29, 0.717) is 45.2 Å². The Morgan fingerprint density at radius 3 is 1.18 bits per heavy atom. The molecule has 11 N–H and O–H groups in total. The van der Waals surface area contributed by atoms with Crippen molar-refractivity contribution < 1.29 is 136 Å². The molecule has 9 aromatic carbocycles. The molecule has 0 spiro atoms. The van der Waals surface area contributed by atoms with Gasteiger partial charge < -0.3 is 76.0 Å². The van der Waals surface area contributed by atoms with Crippen LogP contribution in [-0.2, 0) is 30.3 Å². The second-order valence-corrected chi connectivity index (χ2v) is 28.6. The number of nitrogens with zero attached hydrogens (tertiary/aromatic N) is 4. The Bertz CT molecular complexity index is 6830. The third kappa shape index (κ3) is 28.3. The van der Waals surface area contributed by atoms with Gasteiger partial charge in [-0.2, -0.15) is 0 Å². The van der Waals surface area contributed by atoms with Crippen molar-refractivity contribution in [2.24, 2.45) is 0 Å². The number of aromatic amines is 2. The summed E-state index contributed by atoms with van der Waals surface area (Å²) in [4.78, 5) is 175. The van der Waals surface area contributed by atoms with E-state index in [1.54, 1.807) is 18.2 Å². The summed E-state index contributed by atoms with van der Waals surface area (Å²) in [6.07, 6.45) is 0.788.